The van der Waals surface area contributed by atoms with Crippen LogP contribution in [0.25, 0.3) is 0 Å². The zero-order valence-electron chi connectivity index (χ0n) is 15.0. The Morgan fingerprint density at radius 1 is 1.36 bits per heavy atom. The molecule has 0 bridgehead atoms. The fraction of sp³-hybridized carbons (Fsp3) is 0.333. The molecule has 1 heterocycles. The number of carbonyl (C=O) groups is 1. The summed E-state index contributed by atoms with van der Waals surface area (Å²) in [5, 5.41) is 33.7. The highest BCUT2D eigenvalue weighted by atomic mass is 35.5. The topological polar surface area (TPSA) is 135 Å². The molecule has 10 heteroatoms. The standard InChI is InChI=1S/C18H20ClN3O6/c1-11-13(9-21-17(19)15(11)22(26)27)16(24)14(23)7-8-20-18(25)28-10-12-5-3-2-4-6-12/h2-6,9,14,16,23-24H,7-8,10H2,1H3,(H,20,25). The number of nitrogens with one attached hydrogen (secondary N) is 1. The van der Waals surface area contributed by atoms with Gasteiger partial charge in [-0.05, 0) is 18.9 Å². The second-order valence-electron chi connectivity index (χ2n) is 6.02. The third kappa shape index (κ3) is 5.62. The van der Waals surface area contributed by atoms with Crippen LogP contribution in [0.15, 0.2) is 36.5 Å². The number of carbonyl (C=O) groups excluding carboxylic acids is 1. The van der Waals surface area contributed by atoms with Gasteiger partial charge < -0.3 is 20.3 Å². The van der Waals surface area contributed by atoms with Crippen molar-refractivity contribution in [1.29, 1.82) is 0 Å². The quantitative estimate of drug-likeness (QED) is 0.346. The SMILES string of the molecule is Cc1c(C(O)C(O)CCNC(=O)OCc2ccccc2)cnc(Cl)c1[N+](=O)[O-]. The zero-order valence-corrected chi connectivity index (χ0v) is 15.8. The summed E-state index contributed by atoms with van der Waals surface area (Å²) in [5.41, 5.74) is 0.621. The molecule has 2 aromatic rings. The Bertz CT molecular complexity index is 834. The van der Waals surface area contributed by atoms with Crippen molar-refractivity contribution in [3.8, 4) is 0 Å². The minimum atomic E-state index is -1.43. The van der Waals surface area contributed by atoms with Crippen molar-refractivity contribution in [3.05, 3.63) is 68.5 Å². The maximum Gasteiger partial charge on any atom is 0.407 e. The lowest BCUT2D eigenvalue weighted by Crippen LogP contribution is -2.30. The average molecular weight is 410 g/mol. The number of halogens is 1. The van der Waals surface area contributed by atoms with Gasteiger partial charge in [-0.2, -0.15) is 0 Å². The largest absolute Gasteiger partial charge is 0.445 e. The lowest BCUT2D eigenvalue weighted by atomic mass is 9.99. The van der Waals surface area contributed by atoms with Gasteiger partial charge in [-0.3, -0.25) is 10.1 Å². The van der Waals surface area contributed by atoms with Crippen LogP contribution in [0.1, 0.15) is 29.2 Å². The summed E-state index contributed by atoms with van der Waals surface area (Å²) in [4.78, 5) is 25.7. The Morgan fingerprint density at radius 3 is 2.68 bits per heavy atom. The highest BCUT2D eigenvalue weighted by Gasteiger charge is 2.27. The molecule has 0 aliphatic heterocycles. The highest BCUT2D eigenvalue weighted by molar-refractivity contribution is 6.31. The predicted octanol–water partition coefficient (Wildman–Crippen LogP) is 2.66. The van der Waals surface area contributed by atoms with Crippen LogP contribution in [0.3, 0.4) is 0 Å². The molecule has 2 rings (SSSR count). The minimum Gasteiger partial charge on any atom is -0.445 e. The van der Waals surface area contributed by atoms with E-state index >= 15 is 0 Å². The first-order valence-electron chi connectivity index (χ1n) is 8.41. The van der Waals surface area contributed by atoms with E-state index in [0.29, 0.717) is 0 Å². The number of nitro groups is 1. The molecule has 28 heavy (non-hydrogen) atoms. The van der Waals surface area contributed by atoms with E-state index in [1.54, 1.807) is 0 Å². The molecule has 2 unspecified atom stereocenters. The number of alkyl carbamates (subject to hydrolysis) is 1. The van der Waals surface area contributed by atoms with Gasteiger partial charge in [0.25, 0.3) is 0 Å². The fourth-order valence-electron chi connectivity index (χ4n) is 2.55. The molecule has 0 spiro atoms. The number of aliphatic hydroxyl groups excluding tert-OH is 2. The predicted molar refractivity (Wildman–Crippen MR) is 101 cm³/mol. The molecule has 0 saturated heterocycles. The fourth-order valence-corrected chi connectivity index (χ4v) is 2.81. The molecule has 1 aromatic heterocycles. The summed E-state index contributed by atoms with van der Waals surface area (Å²) in [7, 11) is 0. The molecule has 1 aromatic carbocycles. The van der Waals surface area contributed by atoms with E-state index in [4.69, 9.17) is 16.3 Å². The third-order valence-electron chi connectivity index (χ3n) is 4.09. The van der Waals surface area contributed by atoms with E-state index in [0.717, 1.165) is 5.56 Å². The second-order valence-corrected chi connectivity index (χ2v) is 6.38. The minimum absolute atomic E-state index is 0.00251. The van der Waals surface area contributed by atoms with Gasteiger partial charge in [0.2, 0.25) is 5.15 Å². The summed E-state index contributed by atoms with van der Waals surface area (Å²) in [6, 6.07) is 9.13. The number of benzene rings is 1. The number of nitrogens with zero attached hydrogens (tertiary/aromatic N) is 2. The first-order valence-corrected chi connectivity index (χ1v) is 8.79. The molecule has 9 nitrogen and oxygen atoms in total. The number of hydrogen-bond donors (Lipinski definition) is 3. The smallest absolute Gasteiger partial charge is 0.407 e. The lowest BCUT2D eigenvalue weighted by molar-refractivity contribution is -0.385. The van der Waals surface area contributed by atoms with E-state index in [9.17, 15) is 25.1 Å². The van der Waals surface area contributed by atoms with Crippen molar-refractivity contribution < 1.29 is 24.7 Å². The Hall–Kier alpha value is -2.75. The Labute approximate surface area is 166 Å². The molecule has 0 aliphatic rings. The molecular formula is C18H20ClN3O6. The molecule has 2 atom stereocenters. The van der Waals surface area contributed by atoms with Gasteiger partial charge in [0.15, 0.2) is 0 Å². The zero-order chi connectivity index (χ0) is 20.7. The molecule has 0 radical (unpaired) electrons. The molecule has 3 N–H and O–H groups in total. The van der Waals surface area contributed by atoms with Gasteiger partial charge in [0, 0.05) is 23.9 Å². The van der Waals surface area contributed by atoms with Crippen molar-refractivity contribution >= 4 is 23.4 Å². The highest BCUT2D eigenvalue weighted by Crippen LogP contribution is 2.32. The van der Waals surface area contributed by atoms with Crippen LogP contribution < -0.4 is 5.32 Å². The number of amides is 1. The van der Waals surface area contributed by atoms with Crippen LogP contribution in [0, 0.1) is 17.0 Å². The summed E-state index contributed by atoms with van der Waals surface area (Å²) >= 11 is 5.71. The molecular weight excluding hydrogens is 390 g/mol. The number of aliphatic hydroxyl groups is 2. The van der Waals surface area contributed by atoms with Crippen LogP contribution in [0.5, 0.6) is 0 Å². The summed E-state index contributed by atoms with van der Waals surface area (Å²) in [6.07, 6.45) is -2.19. The molecule has 150 valence electrons. The van der Waals surface area contributed by atoms with Crippen molar-refractivity contribution in [2.45, 2.75) is 32.2 Å². The monoisotopic (exact) mass is 409 g/mol. The average Bonchev–Trinajstić information content (AvgIpc) is 2.66. The Kier molecular flexibility index (Phi) is 7.68. The second kappa shape index (κ2) is 9.98. The summed E-state index contributed by atoms with van der Waals surface area (Å²) in [6.45, 7) is 1.56. The first-order chi connectivity index (χ1) is 13.3. The van der Waals surface area contributed by atoms with E-state index in [1.165, 1.54) is 13.1 Å². The number of aromatic nitrogens is 1. The van der Waals surface area contributed by atoms with Gasteiger partial charge in [-0.1, -0.05) is 41.9 Å². The number of hydrogen-bond acceptors (Lipinski definition) is 7. The summed E-state index contributed by atoms with van der Waals surface area (Å²) in [5.74, 6) is 0. The van der Waals surface area contributed by atoms with Gasteiger partial charge in [-0.25, -0.2) is 9.78 Å². The maximum absolute atomic E-state index is 11.7. The van der Waals surface area contributed by atoms with Gasteiger partial charge in [0.1, 0.15) is 12.7 Å². The molecule has 1 amide bonds. The van der Waals surface area contributed by atoms with Crippen LogP contribution in [0.4, 0.5) is 10.5 Å². The van der Waals surface area contributed by atoms with Gasteiger partial charge in [-0.15, -0.1) is 0 Å². The van der Waals surface area contributed by atoms with Crippen LogP contribution >= 0.6 is 11.6 Å². The van der Waals surface area contributed by atoms with Gasteiger partial charge in [0.05, 0.1) is 11.0 Å². The lowest BCUT2D eigenvalue weighted by Gasteiger charge is -2.19. The van der Waals surface area contributed by atoms with E-state index < -0.39 is 28.9 Å². The Balaban J connectivity index is 1.86. The van der Waals surface area contributed by atoms with E-state index in [1.807, 2.05) is 30.3 Å². The molecule has 0 aliphatic carbocycles. The molecule has 0 saturated carbocycles. The Morgan fingerprint density at radius 2 is 2.04 bits per heavy atom. The van der Waals surface area contributed by atoms with Crippen LogP contribution in [-0.2, 0) is 11.3 Å². The number of rotatable bonds is 8. The van der Waals surface area contributed by atoms with Crippen LogP contribution in [-0.4, -0.2) is 38.9 Å². The van der Waals surface area contributed by atoms with Crippen molar-refractivity contribution in [2.75, 3.05) is 6.54 Å². The third-order valence-corrected chi connectivity index (χ3v) is 4.37. The van der Waals surface area contributed by atoms with Gasteiger partial charge >= 0.3 is 11.8 Å². The van der Waals surface area contributed by atoms with E-state index in [2.05, 4.69) is 10.3 Å². The van der Waals surface area contributed by atoms with Crippen molar-refractivity contribution in [2.24, 2.45) is 0 Å². The van der Waals surface area contributed by atoms with E-state index in [-0.39, 0.29) is 35.9 Å². The first kappa shape index (κ1) is 21.5. The maximum atomic E-state index is 11.7. The normalized spacial score (nSPS) is 12.9. The number of ether oxygens (including phenoxy) is 1. The summed E-state index contributed by atoms with van der Waals surface area (Å²) < 4.78 is 5.04. The number of pyridine rings is 1. The van der Waals surface area contributed by atoms with Crippen molar-refractivity contribution in [3.63, 3.8) is 0 Å². The van der Waals surface area contributed by atoms with Crippen molar-refractivity contribution in [1.82, 2.24) is 10.3 Å². The molecule has 0 fully saturated rings. The van der Waals surface area contributed by atoms with Crippen LogP contribution in [0.2, 0.25) is 5.15 Å².